The van der Waals surface area contributed by atoms with Crippen LogP contribution in [0.5, 0.6) is 0 Å². The number of nitrogens with one attached hydrogen (secondary N) is 3. The molecule has 0 aliphatic carbocycles. The van der Waals surface area contributed by atoms with E-state index in [1.807, 2.05) is 31.2 Å². The van der Waals surface area contributed by atoms with Gasteiger partial charge in [0.2, 0.25) is 5.95 Å². The summed E-state index contributed by atoms with van der Waals surface area (Å²) in [4.78, 5) is 16.1. The van der Waals surface area contributed by atoms with Crippen molar-refractivity contribution in [2.45, 2.75) is 6.92 Å². The van der Waals surface area contributed by atoms with Gasteiger partial charge in [-0.25, -0.2) is 4.98 Å². The Hall–Kier alpha value is -2.15. The monoisotopic (exact) mass is 332 g/mol. The van der Waals surface area contributed by atoms with Crippen molar-refractivity contribution >= 4 is 44.5 Å². The predicted molar refractivity (Wildman–Crippen MR) is 83.3 cm³/mol. The van der Waals surface area contributed by atoms with Gasteiger partial charge in [-0.1, -0.05) is 12.1 Å². The molecule has 3 aromatic rings. The molecule has 20 heavy (non-hydrogen) atoms. The minimum Gasteiger partial charge on any atom is -0.354 e. The number of para-hydroxylation sites is 1. The third-order valence-electron chi connectivity index (χ3n) is 2.75. The van der Waals surface area contributed by atoms with E-state index in [9.17, 15) is 0 Å². The SMILES string of the molecule is CCNc1nc(Nc2ccccc2Br)c2[nH]cnc2n1. The molecule has 0 radical (unpaired) electrons. The molecule has 7 heteroatoms. The zero-order chi connectivity index (χ0) is 13.9. The van der Waals surface area contributed by atoms with Crippen LogP contribution < -0.4 is 10.6 Å². The third kappa shape index (κ3) is 2.44. The van der Waals surface area contributed by atoms with Crippen LogP contribution in [0.15, 0.2) is 35.1 Å². The van der Waals surface area contributed by atoms with Gasteiger partial charge < -0.3 is 15.6 Å². The summed E-state index contributed by atoms with van der Waals surface area (Å²) in [7, 11) is 0. The van der Waals surface area contributed by atoms with E-state index in [0.29, 0.717) is 17.4 Å². The molecule has 0 bridgehead atoms. The van der Waals surface area contributed by atoms with Crippen molar-refractivity contribution in [2.75, 3.05) is 17.2 Å². The number of rotatable bonds is 4. The average molecular weight is 333 g/mol. The highest BCUT2D eigenvalue weighted by Gasteiger charge is 2.10. The number of hydrogen-bond acceptors (Lipinski definition) is 5. The highest BCUT2D eigenvalue weighted by molar-refractivity contribution is 9.10. The van der Waals surface area contributed by atoms with E-state index in [-0.39, 0.29) is 0 Å². The number of nitrogens with zero attached hydrogens (tertiary/aromatic N) is 3. The molecule has 0 amide bonds. The lowest BCUT2D eigenvalue weighted by Gasteiger charge is -2.10. The Morgan fingerprint density at radius 2 is 2.10 bits per heavy atom. The van der Waals surface area contributed by atoms with E-state index in [0.717, 1.165) is 22.2 Å². The van der Waals surface area contributed by atoms with Crippen molar-refractivity contribution in [2.24, 2.45) is 0 Å². The van der Waals surface area contributed by atoms with Crippen LogP contribution in [0.3, 0.4) is 0 Å². The lowest BCUT2D eigenvalue weighted by Crippen LogP contribution is -2.05. The number of halogens is 1. The molecule has 3 N–H and O–H groups in total. The van der Waals surface area contributed by atoms with E-state index in [4.69, 9.17) is 0 Å². The summed E-state index contributed by atoms with van der Waals surface area (Å²) in [6.45, 7) is 2.75. The molecule has 0 unspecified atom stereocenters. The fourth-order valence-corrected chi connectivity index (χ4v) is 2.23. The van der Waals surface area contributed by atoms with Crippen LogP contribution in [-0.2, 0) is 0 Å². The largest absolute Gasteiger partial charge is 0.354 e. The standard InChI is InChI=1S/C13H13BrN6/c1-2-15-13-19-11-10(16-7-17-11)12(20-13)18-9-6-4-3-5-8(9)14/h3-7H,2H2,1H3,(H3,15,16,17,18,19,20). The van der Waals surface area contributed by atoms with Gasteiger partial charge in [0.25, 0.3) is 0 Å². The van der Waals surface area contributed by atoms with Crippen LogP contribution in [0.4, 0.5) is 17.5 Å². The molecular weight excluding hydrogens is 320 g/mol. The minimum absolute atomic E-state index is 0.557. The minimum atomic E-state index is 0.557. The molecule has 0 aliphatic rings. The second kappa shape index (κ2) is 5.46. The van der Waals surface area contributed by atoms with Gasteiger partial charge >= 0.3 is 0 Å². The van der Waals surface area contributed by atoms with Crippen LogP contribution in [0.1, 0.15) is 6.92 Å². The first-order chi connectivity index (χ1) is 9.78. The Bertz CT molecular complexity index is 739. The summed E-state index contributed by atoms with van der Waals surface area (Å²) in [6, 6.07) is 7.87. The Kier molecular flexibility index (Phi) is 3.51. The maximum Gasteiger partial charge on any atom is 0.226 e. The molecule has 0 saturated carbocycles. The summed E-state index contributed by atoms with van der Waals surface area (Å²) < 4.78 is 0.969. The molecular formula is C13H13BrN6. The fourth-order valence-electron chi connectivity index (χ4n) is 1.85. The Morgan fingerprint density at radius 1 is 1.25 bits per heavy atom. The van der Waals surface area contributed by atoms with Gasteiger partial charge in [0, 0.05) is 11.0 Å². The molecule has 102 valence electrons. The van der Waals surface area contributed by atoms with Gasteiger partial charge in [0.1, 0.15) is 5.52 Å². The summed E-state index contributed by atoms with van der Waals surface area (Å²) in [5.41, 5.74) is 2.34. The van der Waals surface area contributed by atoms with Crippen LogP contribution in [0, 0.1) is 0 Å². The van der Waals surface area contributed by atoms with Crippen molar-refractivity contribution in [3.63, 3.8) is 0 Å². The van der Waals surface area contributed by atoms with Crippen LogP contribution in [-0.4, -0.2) is 26.5 Å². The highest BCUT2D eigenvalue weighted by Crippen LogP contribution is 2.27. The number of H-pyrrole nitrogens is 1. The molecule has 0 fully saturated rings. The normalized spacial score (nSPS) is 10.7. The summed E-state index contributed by atoms with van der Waals surface area (Å²) in [5, 5.41) is 6.39. The predicted octanol–water partition coefficient (Wildman–Crippen LogP) is 3.29. The van der Waals surface area contributed by atoms with Gasteiger partial charge in [0.05, 0.1) is 12.0 Å². The van der Waals surface area contributed by atoms with Crippen LogP contribution in [0.2, 0.25) is 0 Å². The summed E-state index contributed by atoms with van der Waals surface area (Å²) in [5.74, 6) is 1.25. The van der Waals surface area contributed by atoms with E-state index in [2.05, 4.69) is 46.5 Å². The molecule has 6 nitrogen and oxygen atoms in total. The van der Waals surface area contributed by atoms with Gasteiger partial charge in [-0.2, -0.15) is 9.97 Å². The maximum atomic E-state index is 4.47. The van der Waals surface area contributed by atoms with Crippen LogP contribution >= 0.6 is 15.9 Å². The van der Waals surface area contributed by atoms with Crippen molar-refractivity contribution in [1.82, 2.24) is 19.9 Å². The first-order valence-corrected chi connectivity index (χ1v) is 7.03. The molecule has 3 rings (SSSR count). The Labute approximate surface area is 124 Å². The topological polar surface area (TPSA) is 78.5 Å². The molecule has 2 heterocycles. The smallest absolute Gasteiger partial charge is 0.226 e. The lowest BCUT2D eigenvalue weighted by molar-refractivity contribution is 1.10. The number of anilines is 3. The fraction of sp³-hybridized carbons (Fsp3) is 0.154. The van der Waals surface area contributed by atoms with E-state index in [1.54, 1.807) is 6.33 Å². The molecule has 0 aliphatic heterocycles. The summed E-state index contributed by atoms with van der Waals surface area (Å²) in [6.07, 6.45) is 1.61. The van der Waals surface area contributed by atoms with Crippen molar-refractivity contribution in [3.05, 3.63) is 35.1 Å². The van der Waals surface area contributed by atoms with Crippen molar-refractivity contribution < 1.29 is 0 Å². The van der Waals surface area contributed by atoms with Gasteiger partial charge in [-0.3, -0.25) is 0 Å². The van der Waals surface area contributed by atoms with E-state index in [1.165, 1.54) is 0 Å². The molecule has 0 atom stereocenters. The number of fused-ring (bicyclic) bond motifs is 1. The second-order valence-electron chi connectivity index (χ2n) is 4.13. The molecule has 0 spiro atoms. The van der Waals surface area contributed by atoms with E-state index >= 15 is 0 Å². The molecule has 0 saturated heterocycles. The highest BCUT2D eigenvalue weighted by atomic mass is 79.9. The number of benzene rings is 1. The molecule has 1 aromatic carbocycles. The van der Waals surface area contributed by atoms with Gasteiger partial charge in [-0.05, 0) is 35.0 Å². The second-order valence-corrected chi connectivity index (χ2v) is 4.99. The third-order valence-corrected chi connectivity index (χ3v) is 3.44. The maximum absolute atomic E-state index is 4.47. The van der Waals surface area contributed by atoms with Gasteiger partial charge in [-0.15, -0.1) is 0 Å². The number of hydrogen-bond donors (Lipinski definition) is 3. The van der Waals surface area contributed by atoms with E-state index < -0.39 is 0 Å². The zero-order valence-electron chi connectivity index (χ0n) is 10.8. The number of aromatic nitrogens is 4. The van der Waals surface area contributed by atoms with Crippen LogP contribution in [0.25, 0.3) is 11.2 Å². The zero-order valence-corrected chi connectivity index (χ0v) is 12.4. The van der Waals surface area contributed by atoms with Crippen molar-refractivity contribution in [1.29, 1.82) is 0 Å². The Balaban J connectivity index is 2.05. The first kappa shape index (κ1) is 12.9. The average Bonchev–Trinajstić information content (AvgIpc) is 2.90. The quantitative estimate of drug-likeness (QED) is 0.683. The first-order valence-electron chi connectivity index (χ1n) is 6.24. The van der Waals surface area contributed by atoms with Gasteiger partial charge in [0.15, 0.2) is 11.5 Å². The lowest BCUT2D eigenvalue weighted by atomic mass is 10.3. The van der Waals surface area contributed by atoms with Crippen molar-refractivity contribution in [3.8, 4) is 0 Å². The molecule has 2 aromatic heterocycles. The number of aromatic amines is 1. The number of imidazole rings is 1. The summed E-state index contributed by atoms with van der Waals surface area (Å²) >= 11 is 3.51. The Morgan fingerprint density at radius 3 is 2.90 bits per heavy atom.